The van der Waals surface area contributed by atoms with Gasteiger partial charge in [-0.25, -0.2) is 9.36 Å². The summed E-state index contributed by atoms with van der Waals surface area (Å²) >= 11 is 0. The lowest BCUT2D eigenvalue weighted by atomic mass is 9.54. The van der Waals surface area contributed by atoms with Crippen LogP contribution in [0.25, 0.3) is 0 Å². The molecule has 0 saturated carbocycles. The van der Waals surface area contributed by atoms with Gasteiger partial charge in [-0.2, -0.15) is 0 Å². The van der Waals surface area contributed by atoms with Crippen molar-refractivity contribution < 1.29 is 38.2 Å². The zero-order valence-electron chi connectivity index (χ0n) is 23.2. The van der Waals surface area contributed by atoms with Gasteiger partial charge in [0.05, 0.1) is 46.6 Å². The second kappa shape index (κ2) is 10.8. The Kier molecular flexibility index (Phi) is 7.58. The molecule has 2 atom stereocenters. The fraction of sp³-hybridized carbons (Fsp3) is 0.370. The number of Topliss-reactive ketones (excluding diaryl/α,β-unsaturated/α-hetero) is 1. The first kappa shape index (κ1) is 28.2. The van der Waals surface area contributed by atoms with Crippen LogP contribution in [0.3, 0.4) is 0 Å². The van der Waals surface area contributed by atoms with Gasteiger partial charge in [-0.3, -0.25) is 10.1 Å². The number of nitrogens with zero attached hydrogens (tertiary/aromatic N) is 3. The van der Waals surface area contributed by atoms with Crippen LogP contribution < -0.4 is 24.3 Å². The van der Waals surface area contributed by atoms with E-state index in [1.54, 1.807) is 24.3 Å². The lowest BCUT2D eigenvalue weighted by molar-refractivity contribution is -0.396. The van der Waals surface area contributed by atoms with Gasteiger partial charge >= 0.3 is 12.0 Å². The van der Waals surface area contributed by atoms with Gasteiger partial charge in [0.15, 0.2) is 29.6 Å². The second-order valence-electron chi connectivity index (χ2n) is 9.34. The van der Waals surface area contributed by atoms with Crippen LogP contribution in [0.1, 0.15) is 46.9 Å². The van der Waals surface area contributed by atoms with Crippen LogP contribution >= 0.6 is 0 Å². The number of ketones is 1. The van der Waals surface area contributed by atoms with Gasteiger partial charge in [-0.1, -0.05) is 18.0 Å². The molecule has 13 heteroatoms. The first-order chi connectivity index (χ1) is 19.0. The van der Waals surface area contributed by atoms with Crippen molar-refractivity contribution in [2.24, 2.45) is 7.05 Å². The number of carbonyl (C=O) groups excluding carboxylic acids is 2. The van der Waals surface area contributed by atoms with Crippen molar-refractivity contribution in [3.05, 3.63) is 63.0 Å². The molecule has 1 heterocycles. The van der Waals surface area contributed by atoms with Crippen LogP contribution in [0, 0.1) is 10.1 Å². The molecule has 212 valence electrons. The summed E-state index contributed by atoms with van der Waals surface area (Å²) < 4.78 is 28.2. The molecule has 13 nitrogen and oxygen atoms in total. The molecule has 2 unspecified atom stereocenters. The Balaban J connectivity index is 1.62. The highest BCUT2D eigenvalue weighted by molar-refractivity contribution is 6.08. The monoisotopic (exact) mass is 554 g/mol. The molecule has 0 aliphatic heterocycles. The minimum absolute atomic E-state index is 0.164. The first-order valence-electron chi connectivity index (χ1n) is 12.2. The predicted octanol–water partition coefficient (Wildman–Crippen LogP) is 4.37. The summed E-state index contributed by atoms with van der Waals surface area (Å²) in [7, 11) is 7.37. The van der Waals surface area contributed by atoms with E-state index in [-0.39, 0.29) is 24.3 Å². The topological polar surface area (TPSA) is 153 Å². The number of ether oxygens (including phenoxy) is 5. The average molecular weight is 555 g/mol. The van der Waals surface area contributed by atoms with E-state index in [2.05, 4.69) is 10.3 Å². The molecule has 40 heavy (non-hydrogen) atoms. The van der Waals surface area contributed by atoms with Crippen molar-refractivity contribution in [3.8, 4) is 23.0 Å². The van der Waals surface area contributed by atoms with E-state index >= 15 is 0 Å². The third-order valence-corrected chi connectivity index (χ3v) is 7.49. The summed E-state index contributed by atoms with van der Waals surface area (Å²) in [5, 5.41) is 13.7. The smallest absolute Gasteiger partial charge is 0.434 e. The molecule has 0 radical (unpaired) electrons. The summed E-state index contributed by atoms with van der Waals surface area (Å²) in [6.07, 6.45) is 0.469. The number of amides is 1. The Labute approximate surface area is 230 Å². The van der Waals surface area contributed by atoms with Gasteiger partial charge < -0.3 is 33.8 Å². The molecule has 0 saturated heterocycles. The number of nitro groups is 1. The van der Waals surface area contributed by atoms with Crippen molar-refractivity contribution in [3.63, 3.8) is 0 Å². The van der Waals surface area contributed by atoms with Gasteiger partial charge in [-0.15, -0.1) is 0 Å². The minimum Gasteiger partial charge on any atom is -0.495 e. The van der Waals surface area contributed by atoms with Crippen molar-refractivity contribution in [1.82, 2.24) is 9.55 Å². The van der Waals surface area contributed by atoms with Crippen LogP contribution in [-0.4, -0.2) is 54.8 Å². The number of benzene rings is 2. The summed E-state index contributed by atoms with van der Waals surface area (Å²) in [6.45, 7) is 3.49. The Bertz CT molecular complexity index is 1470. The summed E-state index contributed by atoms with van der Waals surface area (Å²) in [6, 6.07) is 6.70. The average Bonchev–Trinajstić information content (AvgIpc) is 3.33. The number of hydrogen-bond acceptors (Lipinski definition) is 10. The molecule has 1 aromatic heterocycles. The van der Waals surface area contributed by atoms with E-state index in [9.17, 15) is 19.7 Å². The van der Waals surface area contributed by atoms with Crippen LogP contribution in [0.4, 0.5) is 16.4 Å². The maximum atomic E-state index is 13.9. The standard InChI is InChI=1S/C27H30N4O9/c1-14-21-17(27(14,2)24(32)15-10-19(37-5)23(39-7)20(11-15)38-6)8-9-18(36-4)22(21)29-26(33)40-13-16-12-28-25(30(16)3)31(34)35/h8-12,14H,13H2,1-7H3,(H,29,33). The summed E-state index contributed by atoms with van der Waals surface area (Å²) in [5.41, 5.74) is 1.62. The highest BCUT2D eigenvalue weighted by atomic mass is 16.6. The third-order valence-electron chi connectivity index (χ3n) is 7.49. The Morgan fingerprint density at radius 1 is 1.07 bits per heavy atom. The fourth-order valence-corrected chi connectivity index (χ4v) is 5.09. The number of methoxy groups -OCH3 is 4. The molecule has 0 spiro atoms. The Hall–Kier alpha value is -4.81. The van der Waals surface area contributed by atoms with Crippen molar-refractivity contribution in [1.29, 1.82) is 0 Å². The van der Waals surface area contributed by atoms with Gasteiger partial charge in [0.2, 0.25) is 5.75 Å². The SMILES string of the molecule is COc1ccc2c(c1NC(=O)OCc1cnc([N+](=O)[O-])n1C)C(C)C2(C)C(=O)c1cc(OC)c(OC)c(OC)c1. The van der Waals surface area contributed by atoms with Gasteiger partial charge in [-0.05, 0) is 41.2 Å². The molecule has 1 amide bonds. The molecule has 0 bridgehead atoms. The fourth-order valence-electron chi connectivity index (χ4n) is 5.09. The highest BCUT2D eigenvalue weighted by Crippen LogP contribution is 2.58. The second-order valence-corrected chi connectivity index (χ2v) is 9.34. The highest BCUT2D eigenvalue weighted by Gasteiger charge is 2.53. The molecular formula is C27H30N4O9. The number of rotatable bonds is 10. The Morgan fingerprint density at radius 2 is 1.70 bits per heavy atom. The first-order valence-corrected chi connectivity index (χ1v) is 12.2. The Morgan fingerprint density at radius 3 is 2.23 bits per heavy atom. The van der Waals surface area contributed by atoms with Crippen LogP contribution in [0.15, 0.2) is 30.5 Å². The van der Waals surface area contributed by atoms with Crippen LogP contribution in [0.5, 0.6) is 23.0 Å². The zero-order valence-corrected chi connectivity index (χ0v) is 23.2. The number of aromatic nitrogens is 2. The molecule has 0 fully saturated rings. The van der Waals surface area contributed by atoms with Crippen molar-refractivity contribution in [2.75, 3.05) is 33.8 Å². The third kappa shape index (κ3) is 4.42. The van der Waals surface area contributed by atoms with E-state index in [4.69, 9.17) is 23.7 Å². The van der Waals surface area contributed by atoms with E-state index in [1.165, 1.54) is 46.3 Å². The molecule has 1 aliphatic rings. The van der Waals surface area contributed by atoms with E-state index in [0.29, 0.717) is 39.9 Å². The molecule has 2 aromatic carbocycles. The summed E-state index contributed by atoms with van der Waals surface area (Å²) in [5.74, 6) is 0.641. The minimum atomic E-state index is -0.930. The lowest BCUT2D eigenvalue weighted by Crippen LogP contribution is -2.47. The van der Waals surface area contributed by atoms with Gasteiger partial charge in [0.25, 0.3) is 0 Å². The van der Waals surface area contributed by atoms with Crippen molar-refractivity contribution in [2.45, 2.75) is 31.8 Å². The summed E-state index contributed by atoms with van der Waals surface area (Å²) in [4.78, 5) is 40.8. The normalized spacial score (nSPS) is 17.2. The van der Waals surface area contributed by atoms with E-state index in [0.717, 1.165) is 11.1 Å². The molecule has 1 N–H and O–H groups in total. The number of anilines is 1. The number of imidazole rings is 1. The predicted molar refractivity (Wildman–Crippen MR) is 143 cm³/mol. The van der Waals surface area contributed by atoms with E-state index in [1.807, 2.05) is 13.8 Å². The van der Waals surface area contributed by atoms with Gasteiger partial charge in [0, 0.05) is 11.5 Å². The number of carbonyl (C=O) groups is 2. The molecular weight excluding hydrogens is 524 g/mol. The molecule has 3 aromatic rings. The molecule has 4 rings (SSSR count). The maximum Gasteiger partial charge on any atom is 0.434 e. The van der Waals surface area contributed by atoms with Gasteiger partial charge in [0.1, 0.15) is 11.9 Å². The number of fused-ring (bicyclic) bond motifs is 1. The van der Waals surface area contributed by atoms with Crippen molar-refractivity contribution >= 4 is 23.5 Å². The maximum absolute atomic E-state index is 13.9. The molecule has 1 aliphatic carbocycles. The van der Waals surface area contributed by atoms with Crippen LogP contribution in [0.2, 0.25) is 0 Å². The largest absolute Gasteiger partial charge is 0.495 e. The van der Waals surface area contributed by atoms with E-state index < -0.39 is 16.4 Å². The quantitative estimate of drug-likeness (QED) is 0.217. The van der Waals surface area contributed by atoms with Crippen LogP contribution in [-0.2, 0) is 23.8 Å². The number of hydrogen-bond donors (Lipinski definition) is 1. The zero-order chi connectivity index (χ0) is 29.4. The lowest BCUT2D eigenvalue weighted by Gasteiger charge is -2.47. The number of nitrogens with one attached hydrogen (secondary N) is 1.